The van der Waals surface area contributed by atoms with Gasteiger partial charge in [0.05, 0.1) is 23.3 Å². The Balaban J connectivity index is 1.90. The van der Waals surface area contributed by atoms with Gasteiger partial charge in [-0.15, -0.1) is 0 Å². The molecule has 0 radical (unpaired) electrons. The highest BCUT2D eigenvalue weighted by molar-refractivity contribution is 7.91. The van der Waals surface area contributed by atoms with Crippen molar-refractivity contribution >= 4 is 20.9 Å². The van der Waals surface area contributed by atoms with Gasteiger partial charge >= 0.3 is 0 Å². The molecule has 0 bridgehead atoms. The van der Waals surface area contributed by atoms with E-state index in [4.69, 9.17) is 4.74 Å². The molecule has 0 amide bonds. The minimum Gasteiger partial charge on any atom is -0.492 e. The van der Waals surface area contributed by atoms with Gasteiger partial charge in [-0.2, -0.15) is 0 Å². The number of aromatic nitrogens is 2. The van der Waals surface area contributed by atoms with E-state index in [2.05, 4.69) is 4.98 Å². The number of hydrogen-bond donors (Lipinski definition) is 0. The molecule has 23 heavy (non-hydrogen) atoms. The molecule has 1 heterocycles. The SMILES string of the molecule is CCS(=O)(=O)c1nc2ccccc2n1CCOc1ccccc1. The molecule has 3 aromatic rings. The largest absolute Gasteiger partial charge is 0.492 e. The zero-order chi connectivity index (χ0) is 16.3. The van der Waals surface area contributed by atoms with E-state index >= 15 is 0 Å². The summed E-state index contributed by atoms with van der Waals surface area (Å²) in [5.41, 5.74) is 1.48. The summed E-state index contributed by atoms with van der Waals surface area (Å²) in [7, 11) is -3.39. The summed E-state index contributed by atoms with van der Waals surface area (Å²) in [5.74, 6) is 0.785. The van der Waals surface area contributed by atoms with E-state index in [0.29, 0.717) is 18.7 Å². The Morgan fingerprint density at radius 2 is 1.74 bits per heavy atom. The zero-order valence-corrected chi connectivity index (χ0v) is 13.7. The van der Waals surface area contributed by atoms with Crippen molar-refractivity contribution in [2.45, 2.75) is 18.6 Å². The lowest BCUT2D eigenvalue weighted by atomic mass is 10.3. The lowest BCUT2D eigenvalue weighted by Crippen LogP contribution is -2.16. The summed E-state index contributed by atoms with van der Waals surface area (Å²) >= 11 is 0. The molecular formula is C17H18N2O3S. The van der Waals surface area contributed by atoms with Crippen LogP contribution in [0.5, 0.6) is 5.75 Å². The maximum Gasteiger partial charge on any atom is 0.228 e. The molecule has 3 rings (SSSR count). The van der Waals surface area contributed by atoms with Gasteiger partial charge in [-0.05, 0) is 24.3 Å². The predicted molar refractivity (Wildman–Crippen MR) is 89.4 cm³/mol. The molecule has 2 aromatic carbocycles. The molecule has 0 fully saturated rings. The standard InChI is InChI=1S/C17H18N2O3S/c1-2-23(20,21)17-18-15-10-6-7-11-16(15)19(17)12-13-22-14-8-4-3-5-9-14/h3-11H,2,12-13H2,1H3. The van der Waals surface area contributed by atoms with Gasteiger partial charge in [0.25, 0.3) is 0 Å². The third kappa shape index (κ3) is 3.22. The Morgan fingerprint density at radius 1 is 1.04 bits per heavy atom. The third-order valence-corrected chi connectivity index (χ3v) is 5.23. The first-order chi connectivity index (χ1) is 11.1. The molecule has 0 saturated carbocycles. The number of ether oxygens (including phenoxy) is 1. The van der Waals surface area contributed by atoms with Crippen LogP contribution in [-0.2, 0) is 16.4 Å². The van der Waals surface area contributed by atoms with E-state index < -0.39 is 9.84 Å². The van der Waals surface area contributed by atoms with Crippen LogP contribution in [0.25, 0.3) is 11.0 Å². The molecule has 1 aromatic heterocycles. The van der Waals surface area contributed by atoms with Crippen LogP contribution in [-0.4, -0.2) is 30.3 Å². The van der Waals surface area contributed by atoms with E-state index in [-0.39, 0.29) is 10.9 Å². The molecular weight excluding hydrogens is 312 g/mol. The van der Waals surface area contributed by atoms with E-state index in [1.807, 2.05) is 54.6 Å². The quantitative estimate of drug-likeness (QED) is 0.697. The molecule has 0 aliphatic carbocycles. The second kappa shape index (κ2) is 6.42. The van der Waals surface area contributed by atoms with Gasteiger partial charge in [-0.3, -0.25) is 0 Å². The summed E-state index contributed by atoms with van der Waals surface area (Å²) in [5, 5.41) is 0.109. The highest BCUT2D eigenvalue weighted by Gasteiger charge is 2.21. The first-order valence-electron chi connectivity index (χ1n) is 7.47. The molecule has 6 heteroatoms. The van der Waals surface area contributed by atoms with Crippen LogP contribution in [0.15, 0.2) is 59.8 Å². The fraction of sp³-hybridized carbons (Fsp3) is 0.235. The van der Waals surface area contributed by atoms with Gasteiger partial charge in [0, 0.05) is 0 Å². The summed E-state index contributed by atoms with van der Waals surface area (Å²) in [6.07, 6.45) is 0. The van der Waals surface area contributed by atoms with Crippen LogP contribution in [0.2, 0.25) is 0 Å². The molecule has 0 N–H and O–H groups in total. The highest BCUT2D eigenvalue weighted by atomic mass is 32.2. The smallest absolute Gasteiger partial charge is 0.228 e. The van der Waals surface area contributed by atoms with E-state index in [0.717, 1.165) is 11.3 Å². The van der Waals surface area contributed by atoms with Crippen molar-refractivity contribution in [2.24, 2.45) is 0 Å². The Morgan fingerprint density at radius 3 is 2.48 bits per heavy atom. The molecule has 0 aliphatic rings. The number of imidazole rings is 1. The van der Waals surface area contributed by atoms with E-state index in [1.165, 1.54) is 0 Å². The van der Waals surface area contributed by atoms with E-state index in [9.17, 15) is 8.42 Å². The minimum absolute atomic E-state index is 0.0237. The average Bonchev–Trinajstić information content (AvgIpc) is 2.96. The molecule has 0 spiro atoms. The first-order valence-corrected chi connectivity index (χ1v) is 9.13. The second-order valence-corrected chi connectivity index (χ2v) is 7.27. The minimum atomic E-state index is -3.39. The Labute approximate surface area is 135 Å². The van der Waals surface area contributed by atoms with Crippen molar-refractivity contribution in [3.8, 4) is 5.75 Å². The maximum absolute atomic E-state index is 12.3. The van der Waals surface area contributed by atoms with Crippen LogP contribution >= 0.6 is 0 Å². The van der Waals surface area contributed by atoms with Crippen molar-refractivity contribution < 1.29 is 13.2 Å². The lowest BCUT2D eigenvalue weighted by Gasteiger charge is -2.10. The molecule has 0 unspecified atom stereocenters. The third-order valence-electron chi connectivity index (χ3n) is 3.60. The van der Waals surface area contributed by atoms with Crippen molar-refractivity contribution in [2.75, 3.05) is 12.4 Å². The van der Waals surface area contributed by atoms with Crippen molar-refractivity contribution in [3.63, 3.8) is 0 Å². The van der Waals surface area contributed by atoms with Crippen LogP contribution in [0.3, 0.4) is 0 Å². The number of rotatable bonds is 6. The molecule has 0 atom stereocenters. The van der Waals surface area contributed by atoms with Gasteiger partial charge < -0.3 is 9.30 Å². The number of sulfone groups is 1. The number of fused-ring (bicyclic) bond motifs is 1. The van der Waals surface area contributed by atoms with Crippen LogP contribution in [0.1, 0.15) is 6.92 Å². The summed E-state index contributed by atoms with van der Waals surface area (Å²) in [4.78, 5) is 4.30. The fourth-order valence-corrected chi connectivity index (χ4v) is 3.43. The average molecular weight is 330 g/mol. The van der Waals surface area contributed by atoms with Crippen LogP contribution in [0, 0.1) is 0 Å². The summed E-state index contributed by atoms with van der Waals surface area (Å²) in [6.45, 7) is 2.42. The zero-order valence-electron chi connectivity index (χ0n) is 12.8. The van der Waals surface area contributed by atoms with Crippen molar-refractivity contribution in [1.82, 2.24) is 9.55 Å². The summed E-state index contributed by atoms with van der Waals surface area (Å²) < 4.78 is 32.0. The number of hydrogen-bond acceptors (Lipinski definition) is 4. The first kappa shape index (κ1) is 15.6. The Kier molecular flexibility index (Phi) is 4.34. The normalized spacial score (nSPS) is 11.7. The van der Waals surface area contributed by atoms with Crippen LogP contribution in [0.4, 0.5) is 0 Å². The topological polar surface area (TPSA) is 61.2 Å². The molecule has 0 aliphatic heterocycles. The van der Waals surface area contributed by atoms with Gasteiger partial charge in [-0.1, -0.05) is 37.3 Å². The monoisotopic (exact) mass is 330 g/mol. The number of para-hydroxylation sites is 3. The molecule has 0 saturated heterocycles. The highest BCUT2D eigenvalue weighted by Crippen LogP contribution is 2.20. The van der Waals surface area contributed by atoms with Gasteiger partial charge in [0.1, 0.15) is 12.4 Å². The van der Waals surface area contributed by atoms with Gasteiger partial charge in [0.2, 0.25) is 15.0 Å². The van der Waals surface area contributed by atoms with Crippen molar-refractivity contribution in [1.29, 1.82) is 0 Å². The number of benzene rings is 2. The summed E-state index contributed by atoms with van der Waals surface area (Å²) in [6, 6.07) is 16.9. The number of nitrogens with zero attached hydrogens (tertiary/aromatic N) is 2. The van der Waals surface area contributed by atoms with Crippen LogP contribution < -0.4 is 4.74 Å². The fourth-order valence-electron chi connectivity index (χ4n) is 2.41. The van der Waals surface area contributed by atoms with Crippen molar-refractivity contribution in [3.05, 3.63) is 54.6 Å². The maximum atomic E-state index is 12.3. The van der Waals surface area contributed by atoms with Gasteiger partial charge in [-0.25, -0.2) is 13.4 Å². The Bertz CT molecular complexity index is 902. The molecule has 5 nitrogen and oxygen atoms in total. The molecule has 120 valence electrons. The van der Waals surface area contributed by atoms with Gasteiger partial charge in [0.15, 0.2) is 0 Å². The predicted octanol–water partition coefficient (Wildman–Crippen LogP) is 2.91. The van der Waals surface area contributed by atoms with E-state index in [1.54, 1.807) is 11.5 Å². The lowest BCUT2D eigenvalue weighted by molar-refractivity contribution is 0.295. The Hall–Kier alpha value is -2.34. The second-order valence-electron chi connectivity index (χ2n) is 5.10.